The van der Waals surface area contributed by atoms with Crippen molar-refractivity contribution in [3.8, 4) is 11.4 Å². The van der Waals surface area contributed by atoms with Crippen LogP contribution in [0, 0.1) is 0 Å². The van der Waals surface area contributed by atoms with Gasteiger partial charge in [-0.2, -0.15) is 4.80 Å². The zero-order valence-corrected chi connectivity index (χ0v) is 13.3. The number of benzene rings is 1. The minimum atomic E-state index is -0.949. The molecule has 0 saturated heterocycles. The summed E-state index contributed by atoms with van der Waals surface area (Å²) in [6, 6.07) is 8.87. The zero-order valence-electron chi connectivity index (χ0n) is 13.3. The van der Waals surface area contributed by atoms with E-state index in [0.717, 1.165) is 5.56 Å². The van der Waals surface area contributed by atoms with E-state index in [1.807, 2.05) is 30.3 Å². The van der Waals surface area contributed by atoms with Crippen molar-refractivity contribution in [3.05, 3.63) is 30.3 Å². The fourth-order valence-corrected chi connectivity index (χ4v) is 2.17. The van der Waals surface area contributed by atoms with Gasteiger partial charge in [-0.15, -0.1) is 10.2 Å². The Bertz CT molecular complexity index is 633. The van der Waals surface area contributed by atoms with Crippen LogP contribution in [-0.4, -0.2) is 55.3 Å². The lowest BCUT2D eigenvalue weighted by Gasteiger charge is -2.27. The zero-order chi connectivity index (χ0) is 16.3. The second-order valence-corrected chi connectivity index (χ2v) is 5.98. The number of nitrogens with zero attached hydrogens (tertiary/aromatic N) is 5. The van der Waals surface area contributed by atoms with E-state index in [-0.39, 0.29) is 12.5 Å². The number of carbonyl (C=O) groups is 1. The molecule has 0 saturated carbocycles. The van der Waals surface area contributed by atoms with Gasteiger partial charge in [-0.3, -0.25) is 4.79 Å². The Balaban J connectivity index is 2.12. The summed E-state index contributed by atoms with van der Waals surface area (Å²) >= 11 is 0. The molecule has 1 unspecified atom stereocenters. The molecule has 0 spiro atoms. The first kappa shape index (κ1) is 16.1. The van der Waals surface area contributed by atoms with E-state index in [9.17, 15) is 9.90 Å². The van der Waals surface area contributed by atoms with Crippen LogP contribution in [0.25, 0.3) is 11.4 Å². The van der Waals surface area contributed by atoms with Gasteiger partial charge >= 0.3 is 0 Å². The summed E-state index contributed by atoms with van der Waals surface area (Å²) < 4.78 is 0. The van der Waals surface area contributed by atoms with Crippen molar-refractivity contribution >= 4 is 5.91 Å². The maximum absolute atomic E-state index is 12.4. The summed E-state index contributed by atoms with van der Waals surface area (Å²) in [7, 11) is 1.64. The Kier molecular flexibility index (Phi) is 4.56. The Morgan fingerprint density at radius 1 is 1.36 bits per heavy atom. The van der Waals surface area contributed by atoms with Gasteiger partial charge < -0.3 is 10.0 Å². The van der Waals surface area contributed by atoms with E-state index in [0.29, 0.717) is 5.82 Å². The highest BCUT2D eigenvalue weighted by molar-refractivity contribution is 5.79. The van der Waals surface area contributed by atoms with E-state index in [1.54, 1.807) is 27.8 Å². The van der Waals surface area contributed by atoms with Crippen molar-refractivity contribution in [1.82, 2.24) is 25.1 Å². The molecule has 1 atom stereocenters. The lowest BCUT2D eigenvalue weighted by atomic mass is 10.1. The summed E-state index contributed by atoms with van der Waals surface area (Å²) in [5, 5.41) is 22.0. The summed E-state index contributed by atoms with van der Waals surface area (Å²) in [5.74, 6) is 0.296. The predicted octanol–water partition coefficient (Wildman–Crippen LogP) is 1.13. The molecule has 1 amide bonds. The Morgan fingerprint density at radius 2 is 2.00 bits per heavy atom. The summed E-state index contributed by atoms with van der Waals surface area (Å²) in [4.78, 5) is 15.1. The molecule has 1 aromatic carbocycles. The van der Waals surface area contributed by atoms with Gasteiger partial charge in [0.25, 0.3) is 0 Å². The van der Waals surface area contributed by atoms with E-state index in [2.05, 4.69) is 15.4 Å². The van der Waals surface area contributed by atoms with Gasteiger partial charge in [0.15, 0.2) is 0 Å². The SMILES string of the molecule is CC(C(=O)N(C)CC(C)(C)O)n1nnc(-c2ccccc2)n1. The lowest BCUT2D eigenvalue weighted by Crippen LogP contribution is -2.42. The van der Waals surface area contributed by atoms with Crippen LogP contribution in [0.3, 0.4) is 0 Å². The average Bonchev–Trinajstić information content (AvgIpc) is 2.94. The number of likely N-dealkylation sites (N-methyl/N-ethyl adjacent to an activating group) is 1. The molecule has 0 aliphatic carbocycles. The van der Waals surface area contributed by atoms with Gasteiger partial charge in [0.1, 0.15) is 6.04 Å². The van der Waals surface area contributed by atoms with E-state index in [1.165, 1.54) is 9.70 Å². The van der Waals surface area contributed by atoms with E-state index < -0.39 is 11.6 Å². The monoisotopic (exact) mass is 303 g/mol. The number of hydrogen-bond donors (Lipinski definition) is 1. The van der Waals surface area contributed by atoms with Crippen LogP contribution in [-0.2, 0) is 4.79 Å². The average molecular weight is 303 g/mol. The molecule has 7 heteroatoms. The molecular formula is C15H21N5O2. The van der Waals surface area contributed by atoms with Gasteiger partial charge in [-0.1, -0.05) is 30.3 Å². The van der Waals surface area contributed by atoms with Crippen LogP contribution in [0.4, 0.5) is 0 Å². The van der Waals surface area contributed by atoms with Crippen molar-refractivity contribution in [3.63, 3.8) is 0 Å². The molecule has 1 N–H and O–H groups in total. The highest BCUT2D eigenvalue weighted by atomic mass is 16.3. The predicted molar refractivity (Wildman–Crippen MR) is 81.9 cm³/mol. The molecule has 2 aromatic rings. The molecule has 2 rings (SSSR count). The maximum atomic E-state index is 12.4. The van der Waals surface area contributed by atoms with Crippen molar-refractivity contribution in [2.24, 2.45) is 0 Å². The van der Waals surface area contributed by atoms with Crippen molar-refractivity contribution in [2.75, 3.05) is 13.6 Å². The molecule has 1 aromatic heterocycles. The number of hydrogen-bond acceptors (Lipinski definition) is 5. The second-order valence-electron chi connectivity index (χ2n) is 5.98. The smallest absolute Gasteiger partial charge is 0.248 e. The van der Waals surface area contributed by atoms with Crippen LogP contribution < -0.4 is 0 Å². The highest BCUT2D eigenvalue weighted by Gasteiger charge is 2.25. The normalized spacial score (nSPS) is 13.0. The summed E-state index contributed by atoms with van der Waals surface area (Å²) in [5.41, 5.74) is -0.104. The van der Waals surface area contributed by atoms with Crippen molar-refractivity contribution < 1.29 is 9.90 Å². The number of tetrazole rings is 1. The number of rotatable bonds is 5. The number of amides is 1. The third-order valence-corrected chi connectivity index (χ3v) is 3.16. The lowest BCUT2D eigenvalue weighted by molar-refractivity contribution is -0.136. The van der Waals surface area contributed by atoms with Gasteiger partial charge in [0.2, 0.25) is 11.7 Å². The third kappa shape index (κ3) is 3.88. The van der Waals surface area contributed by atoms with E-state index >= 15 is 0 Å². The molecule has 22 heavy (non-hydrogen) atoms. The molecule has 7 nitrogen and oxygen atoms in total. The fraction of sp³-hybridized carbons (Fsp3) is 0.467. The molecule has 118 valence electrons. The quantitative estimate of drug-likeness (QED) is 0.895. The number of aromatic nitrogens is 4. The number of aliphatic hydroxyl groups is 1. The van der Waals surface area contributed by atoms with Crippen LogP contribution in [0.5, 0.6) is 0 Å². The van der Waals surface area contributed by atoms with Crippen LogP contribution in [0.15, 0.2) is 30.3 Å². The van der Waals surface area contributed by atoms with Crippen LogP contribution in [0.2, 0.25) is 0 Å². The molecule has 0 fully saturated rings. The minimum Gasteiger partial charge on any atom is -0.389 e. The van der Waals surface area contributed by atoms with Crippen LogP contribution >= 0.6 is 0 Å². The maximum Gasteiger partial charge on any atom is 0.248 e. The standard InChI is InChI=1S/C15H21N5O2/c1-11(14(21)19(4)10-15(2,3)22)20-17-13(16-18-20)12-8-6-5-7-9-12/h5-9,11,22H,10H2,1-4H3. The molecule has 0 bridgehead atoms. The summed E-state index contributed by atoms with van der Waals surface area (Å²) in [6.45, 7) is 5.25. The minimum absolute atomic E-state index is 0.181. The Morgan fingerprint density at radius 3 is 2.59 bits per heavy atom. The molecule has 1 heterocycles. The van der Waals surface area contributed by atoms with Gasteiger partial charge in [0, 0.05) is 19.2 Å². The van der Waals surface area contributed by atoms with Gasteiger partial charge in [-0.05, 0) is 26.0 Å². The first-order chi connectivity index (χ1) is 10.3. The first-order valence-electron chi connectivity index (χ1n) is 7.10. The molecular weight excluding hydrogens is 282 g/mol. The number of carbonyl (C=O) groups excluding carboxylic acids is 1. The highest BCUT2D eigenvalue weighted by Crippen LogP contribution is 2.15. The topological polar surface area (TPSA) is 84.1 Å². The van der Waals surface area contributed by atoms with Crippen LogP contribution in [0.1, 0.15) is 26.8 Å². The Labute approximate surface area is 129 Å². The molecule has 0 radical (unpaired) electrons. The van der Waals surface area contributed by atoms with Gasteiger partial charge in [-0.25, -0.2) is 0 Å². The Hall–Kier alpha value is -2.28. The largest absolute Gasteiger partial charge is 0.389 e. The molecule has 0 aliphatic rings. The van der Waals surface area contributed by atoms with Crippen molar-refractivity contribution in [2.45, 2.75) is 32.4 Å². The summed E-state index contributed by atoms with van der Waals surface area (Å²) in [6.07, 6.45) is 0. The third-order valence-electron chi connectivity index (χ3n) is 3.16. The fourth-order valence-electron chi connectivity index (χ4n) is 2.17. The first-order valence-corrected chi connectivity index (χ1v) is 7.10. The second kappa shape index (κ2) is 6.23. The molecule has 0 aliphatic heterocycles. The van der Waals surface area contributed by atoms with Crippen molar-refractivity contribution in [1.29, 1.82) is 0 Å². The van der Waals surface area contributed by atoms with E-state index in [4.69, 9.17) is 0 Å². The van der Waals surface area contributed by atoms with Gasteiger partial charge in [0.05, 0.1) is 5.60 Å².